The van der Waals surface area contributed by atoms with Gasteiger partial charge in [-0.15, -0.1) is 0 Å². The maximum atomic E-state index is 10.6. The predicted molar refractivity (Wildman–Crippen MR) is 56.1 cm³/mol. The van der Waals surface area contributed by atoms with Crippen LogP contribution in [0.5, 0.6) is 5.75 Å². The van der Waals surface area contributed by atoms with E-state index in [9.17, 15) is 15.2 Å². The van der Waals surface area contributed by atoms with Gasteiger partial charge in [-0.1, -0.05) is 0 Å². The van der Waals surface area contributed by atoms with Gasteiger partial charge in [0.15, 0.2) is 0 Å². The Kier molecular flexibility index (Phi) is 2.76. The molecule has 0 spiro atoms. The molecule has 86 valence electrons. The highest BCUT2D eigenvalue weighted by Gasteiger charge is 2.25. The van der Waals surface area contributed by atoms with E-state index in [-0.39, 0.29) is 5.69 Å². The first-order chi connectivity index (χ1) is 7.59. The van der Waals surface area contributed by atoms with Crippen molar-refractivity contribution < 1.29 is 14.8 Å². The van der Waals surface area contributed by atoms with E-state index < -0.39 is 17.1 Å². The van der Waals surface area contributed by atoms with E-state index in [0.717, 1.165) is 0 Å². The molecule has 0 saturated carbocycles. The molecule has 1 aliphatic rings. The third kappa shape index (κ3) is 1.84. The summed E-state index contributed by atoms with van der Waals surface area (Å²) in [4.78, 5) is 10.1. The van der Waals surface area contributed by atoms with E-state index in [4.69, 9.17) is 10.5 Å². The van der Waals surface area contributed by atoms with Gasteiger partial charge in [0, 0.05) is 24.1 Å². The number of non-ortho nitro benzene ring substituents is 1. The Bertz CT molecular complexity index is 421. The van der Waals surface area contributed by atoms with E-state index in [1.165, 1.54) is 18.2 Å². The minimum atomic E-state index is -0.733. The number of nitro groups is 1. The van der Waals surface area contributed by atoms with Crippen molar-refractivity contribution in [3.8, 4) is 5.75 Å². The van der Waals surface area contributed by atoms with Crippen LogP contribution in [0.15, 0.2) is 18.2 Å². The van der Waals surface area contributed by atoms with Crippen molar-refractivity contribution >= 4 is 5.69 Å². The third-order valence-electron chi connectivity index (χ3n) is 2.65. The lowest BCUT2D eigenvalue weighted by atomic mass is 10.00. The van der Waals surface area contributed by atoms with Crippen LogP contribution in [0.4, 0.5) is 5.69 Å². The summed E-state index contributed by atoms with van der Waals surface area (Å²) < 4.78 is 5.36. The number of aliphatic hydroxyl groups is 1. The molecule has 0 radical (unpaired) electrons. The maximum absolute atomic E-state index is 10.6. The van der Waals surface area contributed by atoms with Gasteiger partial charge in [-0.25, -0.2) is 0 Å². The lowest BCUT2D eigenvalue weighted by molar-refractivity contribution is -0.385. The molecule has 0 fully saturated rings. The molecule has 0 bridgehead atoms. The molecule has 2 rings (SSSR count). The minimum Gasteiger partial charge on any atom is -0.493 e. The van der Waals surface area contributed by atoms with E-state index in [0.29, 0.717) is 24.3 Å². The molecule has 0 saturated heterocycles. The molecule has 0 amide bonds. The number of benzene rings is 1. The topological polar surface area (TPSA) is 98.6 Å². The number of nitrogens with two attached hydrogens (primary N) is 1. The SMILES string of the molecule is N[C@@H]1c2cc([N+](=O)[O-])ccc2OCC[C@H]1O. The maximum Gasteiger partial charge on any atom is 0.270 e. The molecule has 0 aliphatic carbocycles. The van der Waals surface area contributed by atoms with Crippen LogP contribution in [0.1, 0.15) is 18.0 Å². The van der Waals surface area contributed by atoms with Gasteiger partial charge in [-0.05, 0) is 6.07 Å². The van der Waals surface area contributed by atoms with Gasteiger partial charge in [0.05, 0.1) is 23.7 Å². The number of ether oxygens (including phenoxy) is 1. The second-order valence-electron chi connectivity index (χ2n) is 3.71. The lowest BCUT2D eigenvalue weighted by Gasteiger charge is -2.15. The first-order valence-electron chi connectivity index (χ1n) is 4.94. The van der Waals surface area contributed by atoms with Crippen molar-refractivity contribution in [2.45, 2.75) is 18.6 Å². The fourth-order valence-electron chi connectivity index (χ4n) is 1.72. The summed E-state index contributed by atoms with van der Waals surface area (Å²) in [5.41, 5.74) is 6.24. The highest BCUT2D eigenvalue weighted by molar-refractivity contribution is 5.46. The zero-order chi connectivity index (χ0) is 11.7. The second-order valence-corrected chi connectivity index (χ2v) is 3.71. The van der Waals surface area contributed by atoms with Crippen LogP contribution in [-0.2, 0) is 0 Å². The molecule has 1 aromatic carbocycles. The zero-order valence-corrected chi connectivity index (χ0v) is 8.50. The lowest BCUT2D eigenvalue weighted by Crippen LogP contribution is -2.25. The van der Waals surface area contributed by atoms with Gasteiger partial charge in [0.2, 0.25) is 0 Å². The van der Waals surface area contributed by atoms with Crippen LogP contribution in [0.25, 0.3) is 0 Å². The molecule has 6 heteroatoms. The molecule has 0 unspecified atom stereocenters. The fraction of sp³-hybridized carbons (Fsp3) is 0.400. The predicted octanol–water partition coefficient (Wildman–Crippen LogP) is 0.738. The molecule has 1 aromatic rings. The molecular formula is C10H12N2O4. The van der Waals surface area contributed by atoms with Crippen molar-refractivity contribution in [1.29, 1.82) is 0 Å². The average molecular weight is 224 g/mol. The van der Waals surface area contributed by atoms with Crippen molar-refractivity contribution in [1.82, 2.24) is 0 Å². The van der Waals surface area contributed by atoms with Crippen LogP contribution in [-0.4, -0.2) is 22.7 Å². The van der Waals surface area contributed by atoms with Crippen LogP contribution < -0.4 is 10.5 Å². The Morgan fingerprint density at radius 2 is 2.31 bits per heavy atom. The van der Waals surface area contributed by atoms with Crippen LogP contribution >= 0.6 is 0 Å². The van der Waals surface area contributed by atoms with E-state index >= 15 is 0 Å². The first kappa shape index (κ1) is 10.8. The van der Waals surface area contributed by atoms with Crippen LogP contribution in [0, 0.1) is 10.1 Å². The summed E-state index contributed by atoms with van der Waals surface area (Å²) in [6.45, 7) is 0.361. The normalized spacial score (nSPS) is 24.1. The second kappa shape index (κ2) is 4.07. The molecule has 3 N–H and O–H groups in total. The number of nitro benzene ring substituents is 1. The summed E-state index contributed by atoms with van der Waals surface area (Å²) in [6, 6.07) is 3.60. The van der Waals surface area contributed by atoms with E-state index in [1.807, 2.05) is 0 Å². The molecular weight excluding hydrogens is 212 g/mol. The van der Waals surface area contributed by atoms with Crippen molar-refractivity contribution in [2.24, 2.45) is 5.73 Å². The number of aliphatic hydroxyl groups excluding tert-OH is 1. The van der Waals surface area contributed by atoms with Crippen LogP contribution in [0.3, 0.4) is 0 Å². The number of hydrogen-bond donors (Lipinski definition) is 2. The summed E-state index contributed by atoms with van der Waals surface area (Å²) >= 11 is 0. The van der Waals surface area contributed by atoms with Gasteiger partial charge < -0.3 is 15.6 Å². The number of fused-ring (bicyclic) bond motifs is 1. The standard InChI is InChI=1S/C10H12N2O4/c11-10-7-5-6(12(14)15)1-2-9(7)16-4-3-8(10)13/h1-2,5,8,10,13H,3-4,11H2/t8-,10-/m1/s1. The Morgan fingerprint density at radius 3 is 3.00 bits per heavy atom. The summed E-state index contributed by atoms with van der Waals surface area (Å²) in [7, 11) is 0. The number of rotatable bonds is 1. The van der Waals surface area contributed by atoms with Crippen LogP contribution in [0.2, 0.25) is 0 Å². The molecule has 2 atom stereocenters. The monoisotopic (exact) mass is 224 g/mol. The van der Waals surface area contributed by atoms with Gasteiger partial charge in [0.25, 0.3) is 5.69 Å². The van der Waals surface area contributed by atoms with Crippen molar-refractivity contribution in [3.05, 3.63) is 33.9 Å². The average Bonchev–Trinajstić information content (AvgIpc) is 2.40. The molecule has 1 heterocycles. The zero-order valence-electron chi connectivity index (χ0n) is 8.50. The third-order valence-corrected chi connectivity index (χ3v) is 2.65. The van der Waals surface area contributed by atoms with E-state index in [2.05, 4.69) is 0 Å². The summed E-state index contributed by atoms with van der Waals surface area (Å²) in [5, 5.41) is 20.3. The number of nitrogens with zero attached hydrogens (tertiary/aromatic N) is 1. The van der Waals surface area contributed by atoms with Gasteiger partial charge in [-0.2, -0.15) is 0 Å². The van der Waals surface area contributed by atoms with Gasteiger partial charge >= 0.3 is 0 Å². The quantitative estimate of drug-likeness (QED) is 0.541. The van der Waals surface area contributed by atoms with Gasteiger partial charge in [0.1, 0.15) is 5.75 Å². The fourth-order valence-corrected chi connectivity index (χ4v) is 1.72. The smallest absolute Gasteiger partial charge is 0.270 e. The summed E-state index contributed by atoms with van der Waals surface area (Å²) in [6.07, 6.45) is -0.313. The Morgan fingerprint density at radius 1 is 1.56 bits per heavy atom. The highest BCUT2D eigenvalue weighted by atomic mass is 16.6. The minimum absolute atomic E-state index is 0.0492. The summed E-state index contributed by atoms with van der Waals surface area (Å²) in [5.74, 6) is 0.509. The largest absolute Gasteiger partial charge is 0.493 e. The number of hydrogen-bond acceptors (Lipinski definition) is 5. The van der Waals surface area contributed by atoms with E-state index in [1.54, 1.807) is 0 Å². The Balaban J connectivity index is 2.46. The Labute approximate surface area is 91.8 Å². The molecule has 16 heavy (non-hydrogen) atoms. The Hall–Kier alpha value is -1.66. The van der Waals surface area contributed by atoms with Gasteiger partial charge in [-0.3, -0.25) is 10.1 Å². The van der Waals surface area contributed by atoms with Crippen molar-refractivity contribution in [2.75, 3.05) is 6.61 Å². The first-order valence-corrected chi connectivity index (χ1v) is 4.94. The molecule has 6 nitrogen and oxygen atoms in total. The molecule has 0 aromatic heterocycles. The highest BCUT2D eigenvalue weighted by Crippen LogP contribution is 2.32. The van der Waals surface area contributed by atoms with Crippen molar-refractivity contribution in [3.63, 3.8) is 0 Å². The molecule has 1 aliphatic heterocycles.